The van der Waals surface area contributed by atoms with E-state index in [1.807, 2.05) is 35.2 Å². The highest BCUT2D eigenvalue weighted by atomic mass is 16.2. The monoisotopic (exact) mass is 363 g/mol. The molecular formula is C22H25N3O2. The first kappa shape index (κ1) is 17.7. The smallest absolute Gasteiger partial charge is 0.224 e. The average Bonchev–Trinajstić information content (AvgIpc) is 3.25. The van der Waals surface area contributed by atoms with Crippen molar-refractivity contribution in [1.29, 1.82) is 0 Å². The summed E-state index contributed by atoms with van der Waals surface area (Å²) in [6.45, 7) is 2.02. The van der Waals surface area contributed by atoms with Crippen LogP contribution in [0.1, 0.15) is 30.4 Å². The Balaban J connectivity index is 1.24. The number of amides is 2. The lowest BCUT2D eigenvalue weighted by molar-refractivity contribution is -0.130. The van der Waals surface area contributed by atoms with Gasteiger partial charge in [0.2, 0.25) is 11.8 Å². The molecule has 27 heavy (non-hydrogen) atoms. The van der Waals surface area contributed by atoms with Gasteiger partial charge in [0.25, 0.3) is 0 Å². The van der Waals surface area contributed by atoms with Gasteiger partial charge in [-0.1, -0.05) is 36.4 Å². The van der Waals surface area contributed by atoms with Crippen molar-refractivity contribution >= 4 is 11.8 Å². The largest absolute Gasteiger partial charge is 0.352 e. The Morgan fingerprint density at radius 2 is 1.96 bits per heavy atom. The highest BCUT2D eigenvalue weighted by Gasteiger charge is 2.61. The molecule has 1 N–H and O–H groups in total. The number of carbonyl (C=O) groups excluding carboxylic acids is 2. The lowest BCUT2D eigenvalue weighted by Gasteiger charge is -2.17. The van der Waals surface area contributed by atoms with Crippen LogP contribution in [0.5, 0.6) is 0 Å². The predicted molar refractivity (Wildman–Crippen MR) is 103 cm³/mol. The Labute approximate surface area is 159 Å². The Morgan fingerprint density at radius 1 is 1.15 bits per heavy atom. The molecule has 1 aromatic heterocycles. The van der Waals surface area contributed by atoms with E-state index < -0.39 is 0 Å². The quantitative estimate of drug-likeness (QED) is 0.858. The van der Waals surface area contributed by atoms with Gasteiger partial charge < -0.3 is 10.2 Å². The Kier molecular flexibility index (Phi) is 4.92. The molecule has 1 spiro atoms. The Morgan fingerprint density at radius 3 is 2.74 bits per heavy atom. The number of rotatable bonds is 6. The number of pyridine rings is 1. The zero-order valence-corrected chi connectivity index (χ0v) is 15.4. The van der Waals surface area contributed by atoms with Crippen molar-refractivity contribution in [2.45, 2.75) is 32.2 Å². The van der Waals surface area contributed by atoms with Crippen LogP contribution in [0.15, 0.2) is 54.9 Å². The summed E-state index contributed by atoms with van der Waals surface area (Å²) in [5.41, 5.74) is 2.21. The van der Waals surface area contributed by atoms with Crippen LogP contribution < -0.4 is 5.32 Å². The molecule has 0 radical (unpaired) electrons. The van der Waals surface area contributed by atoms with Gasteiger partial charge in [0.15, 0.2) is 0 Å². The second kappa shape index (κ2) is 7.51. The van der Waals surface area contributed by atoms with E-state index in [1.165, 1.54) is 5.56 Å². The molecule has 1 aliphatic carbocycles. The molecule has 5 nitrogen and oxygen atoms in total. The zero-order chi connectivity index (χ0) is 18.7. The first-order valence-electron chi connectivity index (χ1n) is 9.65. The molecule has 2 aliphatic rings. The summed E-state index contributed by atoms with van der Waals surface area (Å²) in [4.78, 5) is 31.1. The van der Waals surface area contributed by atoms with Crippen molar-refractivity contribution in [1.82, 2.24) is 15.2 Å². The van der Waals surface area contributed by atoms with E-state index >= 15 is 0 Å². The maximum Gasteiger partial charge on any atom is 0.224 e. The molecule has 4 rings (SSSR count). The number of nitrogens with zero attached hydrogens (tertiary/aromatic N) is 2. The molecule has 5 heteroatoms. The molecule has 2 atom stereocenters. The summed E-state index contributed by atoms with van der Waals surface area (Å²) in [6.07, 6.45) is 6.65. The SMILES string of the molecule is O=C(NCc1cccnc1)[C@@H]1C[C@]12CCN(C(=O)CCc1ccccc1)C2. The molecule has 1 saturated carbocycles. The molecule has 0 bridgehead atoms. The summed E-state index contributed by atoms with van der Waals surface area (Å²) in [7, 11) is 0. The molecule has 2 amide bonds. The number of nitrogens with one attached hydrogen (secondary N) is 1. The summed E-state index contributed by atoms with van der Waals surface area (Å²) < 4.78 is 0. The van der Waals surface area contributed by atoms with Crippen molar-refractivity contribution in [2.24, 2.45) is 11.3 Å². The van der Waals surface area contributed by atoms with Crippen LogP contribution in [0.25, 0.3) is 0 Å². The molecular weight excluding hydrogens is 338 g/mol. The third-order valence-corrected chi connectivity index (χ3v) is 5.90. The molecule has 1 saturated heterocycles. The van der Waals surface area contributed by atoms with Crippen molar-refractivity contribution < 1.29 is 9.59 Å². The first-order chi connectivity index (χ1) is 13.2. The van der Waals surface area contributed by atoms with E-state index in [0.717, 1.165) is 37.9 Å². The first-order valence-corrected chi connectivity index (χ1v) is 9.65. The molecule has 0 unspecified atom stereocenters. The van der Waals surface area contributed by atoms with Crippen LogP contribution in [0.2, 0.25) is 0 Å². The fourth-order valence-electron chi connectivity index (χ4n) is 4.15. The molecule has 2 fully saturated rings. The summed E-state index contributed by atoms with van der Waals surface area (Å²) in [6, 6.07) is 13.9. The number of benzene rings is 1. The third kappa shape index (κ3) is 4.02. The minimum atomic E-state index is 0.0153. The van der Waals surface area contributed by atoms with Crippen molar-refractivity contribution in [3.8, 4) is 0 Å². The number of hydrogen-bond donors (Lipinski definition) is 1. The van der Waals surface area contributed by atoms with E-state index in [1.54, 1.807) is 12.4 Å². The van der Waals surface area contributed by atoms with E-state index in [-0.39, 0.29) is 23.1 Å². The Hall–Kier alpha value is -2.69. The zero-order valence-electron chi connectivity index (χ0n) is 15.4. The van der Waals surface area contributed by atoms with E-state index in [2.05, 4.69) is 22.4 Å². The van der Waals surface area contributed by atoms with Gasteiger partial charge >= 0.3 is 0 Å². The fraction of sp³-hybridized carbons (Fsp3) is 0.409. The van der Waals surface area contributed by atoms with Crippen LogP contribution in [0, 0.1) is 11.3 Å². The second-order valence-corrected chi connectivity index (χ2v) is 7.75. The van der Waals surface area contributed by atoms with Gasteiger partial charge in [-0.3, -0.25) is 14.6 Å². The number of hydrogen-bond acceptors (Lipinski definition) is 3. The van der Waals surface area contributed by atoms with Crippen LogP contribution in [-0.4, -0.2) is 34.8 Å². The van der Waals surface area contributed by atoms with Crippen molar-refractivity contribution in [2.75, 3.05) is 13.1 Å². The third-order valence-electron chi connectivity index (χ3n) is 5.90. The van der Waals surface area contributed by atoms with E-state index in [0.29, 0.717) is 13.0 Å². The van der Waals surface area contributed by atoms with Gasteiger partial charge in [-0.05, 0) is 36.5 Å². The second-order valence-electron chi connectivity index (χ2n) is 7.75. The molecule has 1 aliphatic heterocycles. The lowest BCUT2D eigenvalue weighted by Crippen LogP contribution is -2.31. The Bertz CT molecular complexity index is 753. The molecule has 2 aromatic rings. The number of likely N-dealkylation sites (tertiary alicyclic amines) is 1. The normalized spacial score (nSPS) is 23.4. The lowest BCUT2D eigenvalue weighted by atomic mass is 10.0. The highest BCUT2D eigenvalue weighted by molar-refractivity contribution is 5.83. The van der Waals surface area contributed by atoms with Crippen LogP contribution in [-0.2, 0) is 22.6 Å². The van der Waals surface area contributed by atoms with E-state index in [4.69, 9.17) is 0 Å². The minimum Gasteiger partial charge on any atom is -0.352 e. The van der Waals surface area contributed by atoms with Crippen molar-refractivity contribution in [3.05, 3.63) is 66.0 Å². The topological polar surface area (TPSA) is 62.3 Å². The van der Waals surface area contributed by atoms with Gasteiger partial charge in [0.05, 0.1) is 0 Å². The standard InChI is InChI=1S/C22H25N3O2/c26-20(9-8-17-5-2-1-3-6-17)25-12-10-22(16-25)13-19(22)21(27)24-15-18-7-4-11-23-14-18/h1-7,11,14,19H,8-10,12-13,15-16H2,(H,24,27)/t19-,22-/m0/s1. The number of aryl methyl sites for hydroxylation is 1. The predicted octanol–water partition coefficient (Wildman–Crippen LogP) is 2.57. The highest BCUT2D eigenvalue weighted by Crippen LogP contribution is 2.58. The average molecular weight is 363 g/mol. The maximum atomic E-state index is 12.5. The van der Waals surface area contributed by atoms with Crippen molar-refractivity contribution in [3.63, 3.8) is 0 Å². The summed E-state index contributed by atoms with van der Waals surface area (Å²) in [5.74, 6) is 0.357. The van der Waals surface area contributed by atoms with Gasteiger partial charge in [0.1, 0.15) is 0 Å². The van der Waals surface area contributed by atoms with Gasteiger partial charge in [0, 0.05) is 49.8 Å². The molecule has 2 heterocycles. The van der Waals surface area contributed by atoms with Gasteiger partial charge in [-0.2, -0.15) is 0 Å². The minimum absolute atomic E-state index is 0.0153. The summed E-state index contributed by atoms with van der Waals surface area (Å²) in [5, 5.41) is 3.02. The fourth-order valence-corrected chi connectivity index (χ4v) is 4.15. The molecule has 1 aromatic carbocycles. The number of carbonyl (C=O) groups is 2. The molecule has 140 valence electrons. The van der Waals surface area contributed by atoms with Crippen LogP contribution in [0.3, 0.4) is 0 Å². The van der Waals surface area contributed by atoms with Crippen LogP contribution >= 0.6 is 0 Å². The summed E-state index contributed by atoms with van der Waals surface area (Å²) >= 11 is 0. The van der Waals surface area contributed by atoms with Gasteiger partial charge in [-0.15, -0.1) is 0 Å². The number of aromatic nitrogens is 1. The van der Waals surface area contributed by atoms with E-state index in [9.17, 15) is 9.59 Å². The van der Waals surface area contributed by atoms with Gasteiger partial charge in [-0.25, -0.2) is 0 Å². The van der Waals surface area contributed by atoms with Crippen LogP contribution in [0.4, 0.5) is 0 Å². The maximum absolute atomic E-state index is 12.5.